The molecule has 0 aromatic carbocycles. The van der Waals surface area contributed by atoms with Crippen LogP contribution in [0.3, 0.4) is 0 Å². The first-order valence-electron chi connectivity index (χ1n) is 14.7. The lowest BCUT2D eigenvalue weighted by molar-refractivity contribution is -0.184. The zero-order valence-electron chi connectivity index (χ0n) is 24.4. The molecule has 0 heterocycles. The van der Waals surface area contributed by atoms with Gasteiger partial charge in [-0.05, 0) is 103 Å². The molecular weight excluding hydrogens is 509 g/mol. The van der Waals surface area contributed by atoms with Crippen LogP contribution in [0, 0.1) is 50.2 Å². The summed E-state index contributed by atoms with van der Waals surface area (Å²) in [4.78, 5) is 12.9. The van der Waals surface area contributed by atoms with E-state index >= 15 is 0 Å². The maximum absolute atomic E-state index is 13.7. The number of halogens is 3. The molecule has 5 aliphatic rings. The molecule has 0 aromatic heterocycles. The van der Waals surface area contributed by atoms with E-state index in [4.69, 9.17) is 0 Å². The number of Topliss-reactive ketones (excluding diaryl/α,β-unsaturated/α-hetero) is 1. The van der Waals surface area contributed by atoms with Crippen LogP contribution < -0.4 is 0 Å². The first-order valence-corrected chi connectivity index (χ1v) is 16.3. The molecule has 5 aliphatic carbocycles. The highest BCUT2D eigenvalue weighted by atomic mass is 32.2. The molecule has 0 unspecified atom stereocenters. The number of hydrogen-bond acceptors (Lipinski definition) is 3. The Balaban J connectivity index is 1.59. The van der Waals surface area contributed by atoms with Crippen LogP contribution in [-0.4, -0.2) is 25.5 Å². The fraction of sp³-hybridized carbons (Fsp3) is 0.903. The van der Waals surface area contributed by atoms with Gasteiger partial charge in [-0.2, -0.15) is 13.2 Å². The van der Waals surface area contributed by atoms with E-state index in [1.54, 1.807) is 0 Å². The number of ketones is 1. The quantitative estimate of drug-likeness (QED) is 0.322. The summed E-state index contributed by atoms with van der Waals surface area (Å²) in [7, 11) is -5.21. The number of carbonyl (C=O) groups is 1. The monoisotopic (exact) mass is 556 g/mol. The number of fused-ring (bicyclic) bond motifs is 7. The molecule has 3 nitrogen and oxygen atoms in total. The minimum atomic E-state index is -5.21. The molecule has 0 spiro atoms. The lowest BCUT2D eigenvalue weighted by Gasteiger charge is -2.71. The average molecular weight is 557 g/mol. The van der Waals surface area contributed by atoms with Crippen molar-refractivity contribution in [2.75, 3.05) is 5.75 Å². The third-order valence-corrected chi connectivity index (χ3v) is 15.0. The van der Waals surface area contributed by atoms with Crippen molar-refractivity contribution < 1.29 is 26.4 Å². The largest absolute Gasteiger partial charge is 0.497 e. The molecule has 0 saturated heterocycles. The highest BCUT2D eigenvalue weighted by Gasteiger charge is 2.69. The maximum Gasteiger partial charge on any atom is 0.497 e. The topological polar surface area (TPSA) is 51.2 Å². The van der Waals surface area contributed by atoms with Crippen molar-refractivity contribution in [2.24, 2.45) is 50.2 Å². The van der Waals surface area contributed by atoms with E-state index in [9.17, 15) is 26.4 Å². The first kappa shape index (κ1) is 28.7. The van der Waals surface area contributed by atoms with Crippen molar-refractivity contribution in [3.05, 3.63) is 11.6 Å². The van der Waals surface area contributed by atoms with Crippen molar-refractivity contribution in [1.82, 2.24) is 0 Å². The maximum atomic E-state index is 13.7. The minimum absolute atomic E-state index is 0.0323. The van der Waals surface area contributed by atoms with Gasteiger partial charge in [-0.3, -0.25) is 4.79 Å². The van der Waals surface area contributed by atoms with Crippen molar-refractivity contribution in [3.8, 4) is 0 Å². The Morgan fingerprint density at radius 1 is 0.895 bits per heavy atom. The second-order valence-electron chi connectivity index (χ2n) is 15.9. The summed E-state index contributed by atoms with van der Waals surface area (Å²) < 4.78 is 66.1. The zero-order chi connectivity index (χ0) is 28.4. The first-order chi connectivity index (χ1) is 17.2. The number of alkyl halides is 3. The molecule has 7 heteroatoms. The number of allylic oxidation sites excluding steroid dienone is 2. The van der Waals surface area contributed by atoms with E-state index in [-0.39, 0.29) is 33.0 Å². The highest BCUT2D eigenvalue weighted by molar-refractivity contribution is 7.92. The van der Waals surface area contributed by atoms with Crippen molar-refractivity contribution in [2.45, 2.75) is 118 Å². The van der Waals surface area contributed by atoms with Crippen LogP contribution in [-0.2, 0) is 14.6 Å². The molecule has 216 valence electrons. The second kappa shape index (κ2) is 8.12. The molecule has 0 bridgehead atoms. The van der Waals surface area contributed by atoms with Gasteiger partial charge in [0.25, 0.3) is 0 Å². The second-order valence-corrected chi connectivity index (χ2v) is 17.9. The number of carbonyl (C=O) groups excluding carboxylic acids is 1. The zero-order valence-corrected chi connectivity index (χ0v) is 25.2. The predicted octanol–water partition coefficient (Wildman–Crippen LogP) is 8.29. The van der Waals surface area contributed by atoms with Gasteiger partial charge in [0.15, 0.2) is 0 Å². The van der Waals surface area contributed by atoms with Crippen LogP contribution in [0.15, 0.2) is 11.6 Å². The lowest BCUT2D eigenvalue weighted by Crippen LogP contribution is -2.64. The molecule has 0 radical (unpaired) electrons. The van der Waals surface area contributed by atoms with Gasteiger partial charge in [0.2, 0.25) is 9.84 Å². The third kappa shape index (κ3) is 3.71. The fourth-order valence-corrected chi connectivity index (χ4v) is 12.3. The summed E-state index contributed by atoms with van der Waals surface area (Å²) in [5, 5.41) is 0. The SMILES string of the molecule is CC1(C)CC[C@]2(CS(=O)(=O)C(F)(F)F)CC[C@]3(C)C(=CC[C@@H]4[C@@]5(C)CCC(=O)C(C)(C)[C@@H]5CC[C@]43C)[C@@H]2C1. The van der Waals surface area contributed by atoms with Crippen molar-refractivity contribution in [3.63, 3.8) is 0 Å². The molecule has 0 aromatic rings. The smallest absolute Gasteiger partial charge is 0.299 e. The molecule has 7 atom stereocenters. The van der Waals surface area contributed by atoms with Gasteiger partial charge in [-0.1, -0.05) is 60.1 Å². The molecule has 4 saturated carbocycles. The van der Waals surface area contributed by atoms with Crippen LogP contribution in [0.4, 0.5) is 13.2 Å². The Morgan fingerprint density at radius 2 is 1.53 bits per heavy atom. The van der Waals surface area contributed by atoms with E-state index in [1.165, 1.54) is 5.57 Å². The summed E-state index contributed by atoms with van der Waals surface area (Å²) in [5.41, 5.74) is -5.36. The van der Waals surface area contributed by atoms with E-state index in [0.717, 1.165) is 44.9 Å². The molecule has 0 N–H and O–H groups in total. The summed E-state index contributed by atoms with van der Waals surface area (Å²) in [6.07, 6.45) is 10.0. The highest BCUT2D eigenvalue weighted by Crippen LogP contribution is 2.75. The van der Waals surface area contributed by atoms with Gasteiger partial charge in [-0.25, -0.2) is 8.42 Å². The fourth-order valence-electron chi connectivity index (χ4n) is 10.9. The third-order valence-electron chi connectivity index (χ3n) is 13.4. The van der Waals surface area contributed by atoms with Gasteiger partial charge in [0.1, 0.15) is 5.78 Å². The predicted molar refractivity (Wildman–Crippen MR) is 144 cm³/mol. The van der Waals surface area contributed by atoms with E-state index in [1.807, 2.05) is 0 Å². The Labute approximate surface area is 227 Å². The molecule has 0 aliphatic heterocycles. The van der Waals surface area contributed by atoms with Gasteiger partial charge < -0.3 is 0 Å². The Kier molecular flexibility index (Phi) is 6.13. The Bertz CT molecular complexity index is 1170. The molecular formula is C31H47F3O3S. The van der Waals surface area contributed by atoms with E-state index in [2.05, 4.69) is 54.5 Å². The van der Waals surface area contributed by atoms with Gasteiger partial charge >= 0.3 is 5.51 Å². The Hall–Kier alpha value is -0.850. The van der Waals surface area contributed by atoms with Crippen molar-refractivity contribution in [1.29, 1.82) is 0 Å². The molecule has 4 fully saturated rings. The number of hydrogen-bond donors (Lipinski definition) is 0. The molecule has 38 heavy (non-hydrogen) atoms. The van der Waals surface area contributed by atoms with Crippen LogP contribution in [0.5, 0.6) is 0 Å². The Morgan fingerprint density at radius 3 is 2.16 bits per heavy atom. The van der Waals surface area contributed by atoms with Crippen molar-refractivity contribution >= 4 is 15.6 Å². The number of sulfone groups is 1. The van der Waals surface area contributed by atoms with E-state index < -0.39 is 26.5 Å². The summed E-state index contributed by atoms with van der Waals surface area (Å²) in [6.45, 7) is 15.8. The van der Waals surface area contributed by atoms with Crippen LogP contribution in [0.25, 0.3) is 0 Å². The summed E-state index contributed by atoms with van der Waals surface area (Å²) in [5.74, 6) is 0.182. The summed E-state index contributed by atoms with van der Waals surface area (Å²) >= 11 is 0. The van der Waals surface area contributed by atoms with Gasteiger partial charge in [0, 0.05) is 11.8 Å². The number of rotatable bonds is 2. The standard InChI is InChI=1S/C31H47F3O3S/c1-25(2)14-16-30(19-38(36,37)31(32,33)34)17-15-28(6)20(21(30)18-25)8-9-23-27(5)12-11-24(35)26(3,4)22(27)10-13-29(23,28)7/h8,21-23H,9-19H2,1-7H3/t21-,22-,23+,27-,28+,29+,30+/m0/s1. The van der Waals surface area contributed by atoms with E-state index in [0.29, 0.717) is 36.9 Å². The molecule has 0 amide bonds. The van der Waals surface area contributed by atoms with Gasteiger partial charge in [0.05, 0.1) is 5.75 Å². The van der Waals surface area contributed by atoms with Crippen LogP contribution in [0.1, 0.15) is 113 Å². The average Bonchev–Trinajstić information content (AvgIpc) is 2.77. The lowest BCUT2D eigenvalue weighted by atomic mass is 9.33. The summed E-state index contributed by atoms with van der Waals surface area (Å²) in [6, 6.07) is 0. The molecule has 5 rings (SSSR count). The normalized spacial score (nSPS) is 46.2. The van der Waals surface area contributed by atoms with Crippen LogP contribution in [0.2, 0.25) is 0 Å². The minimum Gasteiger partial charge on any atom is -0.299 e. The van der Waals surface area contributed by atoms with Crippen LogP contribution >= 0.6 is 0 Å². The van der Waals surface area contributed by atoms with Gasteiger partial charge in [-0.15, -0.1) is 0 Å².